The minimum atomic E-state index is 0.479. The molecule has 3 heterocycles. The van der Waals surface area contributed by atoms with Crippen molar-refractivity contribution in [2.75, 3.05) is 24.3 Å². The lowest BCUT2D eigenvalue weighted by Gasteiger charge is -2.10. The average Bonchev–Trinajstić information content (AvgIpc) is 3.18. The zero-order chi connectivity index (χ0) is 18.5. The third-order valence-corrected chi connectivity index (χ3v) is 4.09. The number of methoxy groups -OCH3 is 1. The second-order valence-electron chi connectivity index (χ2n) is 5.88. The van der Waals surface area contributed by atoms with E-state index in [0.717, 1.165) is 29.9 Å². The van der Waals surface area contributed by atoms with Gasteiger partial charge in [-0.2, -0.15) is 9.97 Å². The number of H-pyrrole nitrogens is 1. The molecule has 4 rings (SSSR count). The van der Waals surface area contributed by atoms with Crippen LogP contribution in [0, 0.1) is 0 Å². The van der Waals surface area contributed by atoms with Crippen molar-refractivity contribution in [2.24, 2.45) is 0 Å². The molecule has 0 aliphatic heterocycles. The summed E-state index contributed by atoms with van der Waals surface area (Å²) in [6, 6.07) is 11.8. The lowest BCUT2D eigenvalue weighted by molar-refractivity contribution is 0.414. The number of benzene rings is 1. The molecule has 3 N–H and O–H groups in total. The van der Waals surface area contributed by atoms with Crippen LogP contribution < -0.4 is 15.4 Å². The van der Waals surface area contributed by atoms with Crippen molar-refractivity contribution in [3.05, 3.63) is 60.7 Å². The third kappa shape index (κ3) is 3.95. The number of nitrogens with one attached hydrogen (secondary N) is 3. The van der Waals surface area contributed by atoms with Gasteiger partial charge >= 0.3 is 0 Å². The van der Waals surface area contributed by atoms with Gasteiger partial charge in [0.1, 0.15) is 11.3 Å². The fourth-order valence-corrected chi connectivity index (χ4v) is 2.70. The molecule has 0 bridgehead atoms. The molecule has 0 radical (unpaired) electrons. The summed E-state index contributed by atoms with van der Waals surface area (Å²) in [6.07, 6.45) is 5.90. The third-order valence-electron chi connectivity index (χ3n) is 4.09. The number of aromatic amines is 1. The van der Waals surface area contributed by atoms with E-state index < -0.39 is 0 Å². The van der Waals surface area contributed by atoms with Crippen LogP contribution in [0.3, 0.4) is 0 Å². The van der Waals surface area contributed by atoms with Gasteiger partial charge in [-0.25, -0.2) is 4.98 Å². The van der Waals surface area contributed by atoms with Crippen LogP contribution in [-0.4, -0.2) is 38.6 Å². The van der Waals surface area contributed by atoms with E-state index in [9.17, 15) is 0 Å². The molecule has 0 aliphatic carbocycles. The topological polar surface area (TPSA) is 101 Å². The van der Waals surface area contributed by atoms with E-state index in [0.29, 0.717) is 17.4 Å². The van der Waals surface area contributed by atoms with E-state index in [2.05, 4.69) is 47.7 Å². The van der Waals surface area contributed by atoms with E-state index in [1.807, 2.05) is 24.3 Å². The van der Waals surface area contributed by atoms with Gasteiger partial charge in [0.05, 0.1) is 13.4 Å². The first kappa shape index (κ1) is 16.8. The number of imidazole rings is 1. The Bertz CT molecular complexity index is 1020. The van der Waals surface area contributed by atoms with Crippen molar-refractivity contribution in [2.45, 2.75) is 6.42 Å². The Balaban J connectivity index is 1.49. The monoisotopic (exact) mass is 361 g/mol. The number of hydrogen-bond acceptors (Lipinski definition) is 7. The summed E-state index contributed by atoms with van der Waals surface area (Å²) in [4.78, 5) is 20.4. The maximum atomic E-state index is 5.19. The minimum Gasteiger partial charge on any atom is -0.497 e. The first-order valence-electron chi connectivity index (χ1n) is 8.57. The Hall–Kier alpha value is -3.68. The van der Waals surface area contributed by atoms with Gasteiger partial charge in [0.2, 0.25) is 5.95 Å². The van der Waals surface area contributed by atoms with Crippen molar-refractivity contribution in [1.82, 2.24) is 24.9 Å². The van der Waals surface area contributed by atoms with Crippen molar-refractivity contribution >= 4 is 28.6 Å². The summed E-state index contributed by atoms with van der Waals surface area (Å²) >= 11 is 0. The summed E-state index contributed by atoms with van der Waals surface area (Å²) in [6.45, 7) is 0.728. The van der Waals surface area contributed by atoms with Crippen LogP contribution in [0.4, 0.5) is 17.5 Å². The van der Waals surface area contributed by atoms with Gasteiger partial charge in [0.25, 0.3) is 0 Å². The van der Waals surface area contributed by atoms with E-state index in [4.69, 9.17) is 4.74 Å². The fraction of sp³-hybridized carbons (Fsp3) is 0.158. The van der Waals surface area contributed by atoms with Crippen LogP contribution in [0.15, 0.2) is 55.1 Å². The van der Waals surface area contributed by atoms with Crippen LogP contribution in [0.1, 0.15) is 5.56 Å². The molecular weight excluding hydrogens is 342 g/mol. The zero-order valence-corrected chi connectivity index (χ0v) is 14.8. The molecule has 0 atom stereocenters. The van der Waals surface area contributed by atoms with Gasteiger partial charge in [0.15, 0.2) is 11.5 Å². The number of nitrogens with zero attached hydrogens (tertiary/aromatic N) is 4. The fourth-order valence-electron chi connectivity index (χ4n) is 2.70. The normalized spacial score (nSPS) is 10.7. The molecule has 1 aromatic carbocycles. The molecule has 3 aromatic heterocycles. The molecule has 0 unspecified atom stereocenters. The maximum absolute atomic E-state index is 5.19. The van der Waals surface area contributed by atoms with E-state index in [1.54, 1.807) is 25.8 Å². The second-order valence-corrected chi connectivity index (χ2v) is 5.88. The number of rotatable bonds is 7. The first-order valence-corrected chi connectivity index (χ1v) is 8.57. The largest absolute Gasteiger partial charge is 0.497 e. The molecule has 8 nitrogen and oxygen atoms in total. The highest BCUT2D eigenvalue weighted by Crippen LogP contribution is 2.21. The molecular formula is C19H19N7O. The zero-order valence-electron chi connectivity index (χ0n) is 14.8. The Morgan fingerprint density at radius 1 is 1.04 bits per heavy atom. The van der Waals surface area contributed by atoms with Crippen LogP contribution >= 0.6 is 0 Å². The van der Waals surface area contributed by atoms with Gasteiger partial charge in [-0.15, -0.1) is 0 Å². The molecule has 4 aromatic rings. The number of fused-ring (bicyclic) bond motifs is 1. The van der Waals surface area contributed by atoms with Gasteiger partial charge in [0, 0.05) is 24.6 Å². The molecule has 8 heteroatoms. The van der Waals surface area contributed by atoms with E-state index >= 15 is 0 Å². The summed E-state index contributed by atoms with van der Waals surface area (Å²) in [5.41, 5.74) is 3.47. The Morgan fingerprint density at radius 2 is 1.85 bits per heavy atom. The maximum Gasteiger partial charge on any atom is 0.231 e. The number of ether oxygens (including phenoxy) is 1. The number of hydrogen-bond donors (Lipinski definition) is 3. The highest BCUT2D eigenvalue weighted by atomic mass is 16.5. The summed E-state index contributed by atoms with van der Waals surface area (Å²) in [5.74, 6) is 2.05. The highest BCUT2D eigenvalue weighted by Gasteiger charge is 2.10. The van der Waals surface area contributed by atoms with E-state index in [1.165, 1.54) is 5.56 Å². The average molecular weight is 361 g/mol. The molecule has 136 valence electrons. The second kappa shape index (κ2) is 7.69. The van der Waals surface area contributed by atoms with E-state index in [-0.39, 0.29) is 0 Å². The van der Waals surface area contributed by atoms with Crippen molar-refractivity contribution in [3.8, 4) is 5.75 Å². The quantitative estimate of drug-likeness (QED) is 0.465. The van der Waals surface area contributed by atoms with Crippen LogP contribution in [0.5, 0.6) is 5.75 Å². The highest BCUT2D eigenvalue weighted by molar-refractivity contribution is 5.84. The molecule has 0 amide bonds. The van der Waals surface area contributed by atoms with Crippen molar-refractivity contribution in [3.63, 3.8) is 0 Å². The number of anilines is 3. The lowest BCUT2D eigenvalue weighted by atomic mass is 10.1. The molecule has 0 saturated heterocycles. The minimum absolute atomic E-state index is 0.479. The summed E-state index contributed by atoms with van der Waals surface area (Å²) < 4.78 is 5.19. The molecule has 0 aliphatic rings. The molecule has 0 saturated carbocycles. The van der Waals surface area contributed by atoms with Gasteiger partial charge in [-0.05, 0) is 36.2 Å². The predicted octanol–water partition coefficient (Wildman–Crippen LogP) is 3.15. The number of aromatic nitrogens is 5. The van der Waals surface area contributed by atoms with Crippen LogP contribution in [-0.2, 0) is 6.42 Å². The van der Waals surface area contributed by atoms with Crippen molar-refractivity contribution in [1.29, 1.82) is 0 Å². The summed E-state index contributed by atoms with van der Waals surface area (Å²) in [5, 5.41) is 6.55. The molecule has 0 fully saturated rings. The molecule has 0 spiro atoms. The summed E-state index contributed by atoms with van der Waals surface area (Å²) in [7, 11) is 1.67. The Morgan fingerprint density at radius 3 is 2.63 bits per heavy atom. The molecule has 27 heavy (non-hydrogen) atoms. The Kier molecular flexibility index (Phi) is 4.78. The predicted molar refractivity (Wildman–Crippen MR) is 104 cm³/mol. The smallest absolute Gasteiger partial charge is 0.231 e. The Labute approximate surface area is 156 Å². The van der Waals surface area contributed by atoms with Crippen LogP contribution in [0.2, 0.25) is 0 Å². The number of pyridine rings is 1. The van der Waals surface area contributed by atoms with Crippen molar-refractivity contribution < 1.29 is 4.74 Å². The standard InChI is InChI=1S/C19H19N7O/c1-27-15-4-2-13(3-5-15)6-11-21-17-16-18(23-12-22-16)26-19(25-17)24-14-7-9-20-10-8-14/h2-5,7-10,12H,6,11H2,1H3,(H3,20,21,22,23,24,25,26). The van der Waals surface area contributed by atoms with Crippen LogP contribution in [0.25, 0.3) is 11.2 Å². The van der Waals surface area contributed by atoms with Gasteiger partial charge in [-0.3, -0.25) is 4.98 Å². The SMILES string of the molecule is COc1ccc(CCNc2nc(Nc3ccncc3)nc3nc[nH]c23)cc1. The lowest BCUT2D eigenvalue weighted by Crippen LogP contribution is -2.09. The van der Waals surface area contributed by atoms with Gasteiger partial charge in [-0.1, -0.05) is 12.1 Å². The van der Waals surface area contributed by atoms with Gasteiger partial charge < -0.3 is 20.4 Å². The first-order chi connectivity index (χ1) is 13.3.